The number of alkyl halides is 1. The first-order chi connectivity index (χ1) is 12.6. The molecule has 2 aromatic rings. The zero-order valence-electron chi connectivity index (χ0n) is 14.9. The standard InChI is InChI=1S/C21H25F2N3/c22-17-4-1-15(2-5-17)13-21(23)25-10-8-19(9-11-25)26-12-7-16-3-6-18(24)14-20(16)26/h1-6,14,19,21H,7-13,24H2. The van der Waals surface area contributed by atoms with Crippen LogP contribution in [0, 0.1) is 5.82 Å². The van der Waals surface area contributed by atoms with E-state index in [2.05, 4.69) is 17.0 Å². The number of anilines is 2. The Bertz CT molecular complexity index is 754. The number of hydrogen-bond donors (Lipinski definition) is 1. The van der Waals surface area contributed by atoms with Crippen LogP contribution >= 0.6 is 0 Å². The summed E-state index contributed by atoms with van der Waals surface area (Å²) in [5.41, 5.74) is 10.2. The topological polar surface area (TPSA) is 32.5 Å². The molecule has 1 unspecified atom stereocenters. The number of likely N-dealkylation sites (tertiary alicyclic amines) is 1. The van der Waals surface area contributed by atoms with Gasteiger partial charge in [0.05, 0.1) is 0 Å². The zero-order chi connectivity index (χ0) is 18.1. The molecule has 138 valence electrons. The molecule has 2 aliphatic heterocycles. The van der Waals surface area contributed by atoms with Crippen LogP contribution in [0.1, 0.15) is 24.0 Å². The van der Waals surface area contributed by atoms with E-state index >= 15 is 0 Å². The molecule has 3 nitrogen and oxygen atoms in total. The Kier molecular flexibility index (Phi) is 4.81. The number of nitrogens with zero attached hydrogens (tertiary/aromatic N) is 2. The monoisotopic (exact) mass is 357 g/mol. The van der Waals surface area contributed by atoms with Crippen LogP contribution in [0.3, 0.4) is 0 Å². The van der Waals surface area contributed by atoms with E-state index in [9.17, 15) is 8.78 Å². The second kappa shape index (κ2) is 7.23. The smallest absolute Gasteiger partial charge is 0.157 e. The van der Waals surface area contributed by atoms with Crippen LogP contribution < -0.4 is 10.6 Å². The SMILES string of the molecule is Nc1ccc2c(c1)N(C1CCN(C(F)Cc3ccc(F)cc3)CC1)CC2. The van der Waals surface area contributed by atoms with Crippen LogP contribution in [0.4, 0.5) is 20.2 Å². The fraction of sp³-hybridized carbons (Fsp3) is 0.429. The van der Waals surface area contributed by atoms with Crippen LogP contribution in [-0.2, 0) is 12.8 Å². The molecule has 4 rings (SSSR count). The van der Waals surface area contributed by atoms with Crippen molar-refractivity contribution in [2.75, 3.05) is 30.3 Å². The van der Waals surface area contributed by atoms with E-state index in [1.807, 2.05) is 11.0 Å². The lowest BCUT2D eigenvalue weighted by atomic mass is 10.0. The second-order valence-electron chi connectivity index (χ2n) is 7.36. The molecule has 5 heteroatoms. The van der Waals surface area contributed by atoms with Gasteiger partial charge in [0.2, 0.25) is 0 Å². The maximum absolute atomic E-state index is 14.7. The van der Waals surface area contributed by atoms with E-state index in [0.717, 1.165) is 50.1 Å². The maximum Gasteiger partial charge on any atom is 0.157 e. The Hall–Kier alpha value is -2.14. The van der Waals surface area contributed by atoms with Gasteiger partial charge in [0, 0.05) is 43.5 Å². The number of benzene rings is 2. The van der Waals surface area contributed by atoms with Crippen LogP contribution in [-0.4, -0.2) is 36.9 Å². The van der Waals surface area contributed by atoms with Gasteiger partial charge in [-0.3, -0.25) is 4.90 Å². The largest absolute Gasteiger partial charge is 0.399 e. The summed E-state index contributed by atoms with van der Waals surface area (Å²) in [5, 5.41) is 0. The molecule has 26 heavy (non-hydrogen) atoms. The number of fused-ring (bicyclic) bond motifs is 1. The third-order valence-electron chi connectivity index (χ3n) is 5.69. The maximum atomic E-state index is 14.7. The minimum absolute atomic E-state index is 0.281. The highest BCUT2D eigenvalue weighted by atomic mass is 19.1. The molecule has 0 amide bonds. The van der Waals surface area contributed by atoms with Crippen LogP contribution in [0.25, 0.3) is 0 Å². The van der Waals surface area contributed by atoms with Crippen LogP contribution in [0.5, 0.6) is 0 Å². The summed E-state index contributed by atoms with van der Waals surface area (Å²) in [5.74, 6) is -0.281. The molecular weight excluding hydrogens is 332 g/mol. The predicted molar refractivity (Wildman–Crippen MR) is 101 cm³/mol. The molecule has 1 fully saturated rings. The number of piperidine rings is 1. The lowest BCUT2D eigenvalue weighted by molar-refractivity contribution is 0.0585. The van der Waals surface area contributed by atoms with Crippen molar-refractivity contribution in [2.45, 2.75) is 38.0 Å². The van der Waals surface area contributed by atoms with Gasteiger partial charge in [0.25, 0.3) is 0 Å². The summed E-state index contributed by atoms with van der Waals surface area (Å²) in [6, 6.07) is 12.7. The van der Waals surface area contributed by atoms with E-state index in [0.29, 0.717) is 12.5 Å². The minimum atomic E-state index is -1.01. The van der Waals surface area contributed by atoms with Gasteiger partial charge in [-0.05, 0) is 54.7 Å². The molecule has 0 saturated carbocycles. The lowest BCUT2D eigenvalue weighted by Crippen LogP contribution is -2.47. The van der Waals surface area contributed by atoms with Crippen molar-refractivity contribution in [3.63, 3.8) is 0 Å². The average molecular weight is 357 g/mol. The van der Waals surface area contributed by atoms with Gasteiger partial charge in [0.15, 0.2) is 6.30 Å². The Morgan fingerprint density at radius 1 is 1.04 bits per heavy atom. The van der Waals surface area contributed by atoms with Gasteiger partial charge in [-0.25, -0.2) is 8.78 Å². The van der Waals surface area contributed by atoms with Crippen molar-refractivity contribution in [3.05, 3.63) is 59.4 Å². The Labute approximate surface area is 153 Å². The Morgan fingerprint density at radius 2 is 1.77 bits per heavy atom. The molecule has 1 atom stereocenters. The minimum Gasteiger partial charge on any atom is -0.399 e. The van der Waals surface area contributed by atoms with Crippen molar-refractivity contribution in [1.29, 1.82) is 0 Å². The summed E-state index contributed by atoms with van der Waals surface area (Å²) >= 11 is 0. The first kappa shape index (κ1) is 17.3. The molecule has 2 N–H and O–H groups in total. The molecule has 0 radical (unpaired) electrons. The number of rotatable bonds is 4. The molecular formula is C21H25F2N3. The first-order valence-corrected chi connectivity index (χ1v) is 9.38. The second-order valence-corrected chi connectivity index (χ2v) is 7.36. The van der Waals surface area contributed by atoms with Crippen molar-refractivity contribution >= 4 is 11.4 Å². The van der Waals surface area contributed by atoms with Crippen molar-refractivity contribution in [3.8, 4) is 0 Å². The van der Waals surface area contributed by atoms with Gasteiger partial charge in [-0.2, -0.15) is 0 Å². The number of nitrogen functional groups attached to an aromatic ring is 1. The number of hydrogen-bond acceptors (Lipinski definition) is 3. The van der Waals surface area contributed by atoms with Crippen molar-refractivity contribution < 1.29 is 8.78 Å². The zero-order valence-corrected chi connectivity index (χ0v) is 14.9. The summed E-state index contributed by atoms with van der Waals surface area (Å²) in [7, 11) is 0. The normalized spacial score (nSPS) is 19.5. The summed E-state index contributed by atoms with van der Waals surface area (Å²) in [4.78, 5) is 4.37. The molecule has 0 aromatic heterocycles. The molecule has 2 aromatic carbocycles. The summed E-state index contributed by atoms with van der Waals surface area (Å²) in [6.07, 6.45) is 2.28. The quantitative estimate of drug-likeness (QED) is 0.668. The van der Waals surface area contributed by atoms with Gasteiger partial charge in [0.1, 0.15) is 5.82 Å². The van der Waals surface area contributed by atoms with Gasteiger partial charge >= 0.3 is 0 Å². The highest BCUT2D eigenvalue weighted by Gasteiger charge is 2.31. The van der Waals surface area contributed by atoms with Gasteiger partial charge < -0.3 is 10.6 Å². The number of nitrogens with two attached hydrogens (primary N) is 1. The van der Waals surface area contributed by atoms with Crippen LogP contribution in [0.2, 0.25) is 0 Å². The average Bonchev–Trinajstić information content (AvgIpc) is 3.06. The molecule has 1 saturated heterocycles. The van der Waals surface area contributed by atoms with E-state index < -0.39 is 6.30 Å². The fourth-order valence-corrected chi connectivity index (χ4v) is 4.22. The van der Waals surface area contributed by atoms with E-state index in [1.54, 1.807) is 12.1 Å². The van der Waals surface area contributed by atoms with E-state index in [1.165, 1.54) is 23.4 Å². The van der Waals surface area contributed by atoms with Crippen LogP contribution in [0.15, 0.2) is 42.5 Å². The summed E-state index contributed by atoms with van der Waals surface area (Å²) in [6.45, 7) is 2.53. The highest BCUT2D eigenvalue weighted by molar-refractivity contribution is 5.64. The van der Waals surface area contributed by atoms with Gasteiger partial charge in [-0.1, -0.05) is 18.2 Å². The number of halogens is 2. The highest BCUT2D eigenvalue weighted by Crippen LogP contribution is 2.34. The predicted octanol–water partition coefficient (Wildman–Crippen LogP) is 3.77. The fourth-order valence-electron chi connectivity index (χ4n) is 4.22. The molecule has 0 bridgehead atoms. The third kappa shape index (κ3) is 3.54. The molecule has 2 aliphatic rings. The third-order valence-corrected chi connectivity index (χ3v) is 5.69. The molecule has 0 spiro atoms. The van der Waals surface area contributed by atoms with E-state index in [4.69, 9.17) is 5.73 Å². The summed E-state index contributed by atoms with van der Waals surface area (Å²) < 4.78 is 27.7. The lowest BCUT2D eigenvalue weighted by Gasteiger charge is -2.39. The molecule has 0 aliphatic carbocycles. The Balaban J connectivity index is 1.34. The van der Waals surface area contributed by atoms with Gasteiger partial charge in [-0.15, -0.1) is 0 Å². The van der Waals surface area contributed by atoms with Crippen molar-refractivity contribution in [2.24, 2.45) is 0 Å². The Morgan fingerprint density at radius 3 is 2.50 bits per heavy atom. The molecule has 2 heterocycles. The van der Waals surface area contributed by atoms with Crippen molar-refractivity contribution in [1.82, 2.24) is 4.90 Å². The van der Waals surface area contributed by atoms with E-state index in [-0.39, 0.29) is 5.82 Å². The first-order valence-electron chi connectivity index (χ1n) is 9.38.